The molecule has 0 radical (unpaired) electrons. The van der Waals surface area contributed by atoms with Crippen LogP contribution >= 0.6 is 0 Å². The molecule has 0 fully saturated rings. The second-order valence-electron chi connectivity index (χ2n) is 3.27. The van der Waals surface area contributed by atoms with E-state index in [0.717, 1.165) is 0 Å². The maximum Gasteiger partial charge on any atom is 0.303 e. The van der Waals surface area contributed by atoms with E-state index in [0.29, 0.717) is 12.2 Å². The fourth-order valence-corrected chi connectivity index (χ4v) is 1.11. The zero-order valence-corrected chi connectivity index (χ0v) is 8.36. The molecule has 0 saturated carbocycles. The van der Waals surface area contributed by atoms with Gasteiger partial charge in [0, 0.05) is 18.5 Å². The molecule has 1 heterocycles. The Hall–Kier alpha value is -1.85. The van der Waals surface area contributed by atoms with Crippen LogP contribution in [0.4, 0.5) is 5.82 Å². The summed E-state index contributed by atoms with van der Waals surface area (Å²) in [6.45, 7) is 1.84. The zero-order chi connectivity index (χ0) is 11.3. The molecule has 1 aromatic heterocycles. The number of hydrogen-bond donors (Lipinski definition) is 3. The normalized spacial score (nSPS) is 12.1. The van der Waals surface area contributed by atoms with Crippen molar-refractivity contribution >= 4 is 11.8 Å². The van der Waals surface area contributed by atoms with Crippen LogP contribution in [-0.4, -0.2) is 27.1 Å². The molecule has 0 amide bonds. The molecule has 0 bridgehead atoms. The van der Waals surface area contributed by atoms with Crippen LogP contribution < -0.4 is 10.9 Å². The first-order valence-electron chi connectivity index (χ1n) is 4.61. The van der Waals surface area contributed by atoms with E-state index in [2.05, 4.69) is 15.3 Å². The van der Waals surface area contributed by atoms with E-state index in [-0.39, 0.29) is 18.0 Å². The molecule has 0 saturated heterocycles. The molecule has 1 atom stereocenters. The van der Waals surface area contributed by atoms with Gasteiger partial charge in [-0.25, -0.2) is 4.98 Å². The first-order valence-corrected chi connectivity index (χ1v) is 4.61. The minimum absolute atomic E-state index is 0.0320. The number of carbonyl (C=O) groups is 1. The van der Waals surface area contributed by atoms with E-state index in [1.54, 1.807) is 0 Å². The Kier molecular flexibility index (Phi) is 3.84. The molecule has 1 aromatic rings. The number of rotatable bonds is 5. The largest absolute Gasteiger partial charge is 0.481 e. The topological polar surface area (TPSA) is 95.1 Å². The second kappa shape index (κ2) is 5.14. The molecule has 3 N–H and O–H groups in total. The van der Waals surface area contributed by atoms with Crippen LogP contribution in [-0.2, 0) is 4.79 Å². The average Bonchev–Trinajstić information content (AvgIpc) is 2.15. The van der Waals surface area contributed by atoms with Gasteiger partial charge in [0.15, 0.2) is 0 Å². The van der Waals surface area contributed by atoms with E-state index in [9.17, 15) is 9.59 Å². The Labute approximate surface area is 86.4 Å². The highest BCUT2D eigenvalue weighted by Gasteiger charge is 2.05. The second-order valence-corrected chi connectivity index (χ2v) is 3.27. The summed E-state index contributed by atoms with van der Waals surface area (Å²) >= 11 is 0. The highest BCUT2D eigenvalue weighted by atomic mass is 16.4. The minimum Gasteiger partial charge on any atom is -0.481 e. The molecule has 15 heavy (non-hydrogen) atoms. The summed E-state index contributed by atoms with van der Waals surface area (Å²) in [7, 11) is 0. The van der Waals surface area contributed by atoms with E-state index in [1.807, 2.05) is 6.92 Å². The van der Waals surface area contributed by atoms with Gasteiger partial charge < -0.3 is 15.4 Å². The molecule has 0 aromatic carbocycles. The van der Waals surface area contributed by atoms with Gasteiger partial charge in [0.25, 0.3) is 5.56 Å². The van der Waals surface area contributed by atoms with Crippen molar-refractivity contribution in [1.29, 1.82) is 0 Å². The van der Waals surface area contributed by atoms with Gasteiger partial charge in [0.05, 0.1) is 6.33 Å². The highest BCUT2D eigenvalue weighted by molar-refractivity contribution is 5.66. The van der Waals surface area contributed by atoms with Crippen molar-refractivity contribution < 1.29 is 9.90 Å². The van der Waals surface area contributed by atoms with E-state index >= 15 is 0 Å². The van der Waals surface area contributed by atoms with Crippen molar-refractivity contribution in [3.8, 4) is 0 Å². The number of aromatic nitrogens is 2. The van der Waals surface area contributed by atoms with Gasteiger partial charge in [0.1, 0.15) is 5.82 Å². The van der Waals surface area contributed by atoms with Gasteiger partial charge in [-0.15, -0.1) is 0 Å². The number of carboxylic acid groups (broad SMARTS) is 1. The molecule has 0 aliphatic carbocycles. The quantitative estimate of drug-likeness (QED) is 0.656. The van der Waals surface area contributed by atoms with Crippen LogP contribution in [0.3, 0.4) is 0 Å². The predicted molar refractivity (Wildman–Crippen MR) is 54.8 cm³/mol. The number of nitrogens with one attached hydrogen (secondary N) is 2. The monoisotopic (exact) mass is 211 g/mol. The van der Waals surface area contributed by atoms with Crippen LogP contribution in [0.2, 0.25) is 0 Å². The van der Waals surface area contributed by atoms with E-state index in [4.69, 9.17) is 5.11 Å². The fourth-order valence-electron chi connectivity index (χ4n) is 1.11. The summed E-state index contributed by atoms with van der Waals surface area (Å²) in [5.74, 6) is -0.376. The number of carboxylic acids is 1. The maximum atomic E-state index is 10.9. The van der Waals surface area contributed by atoms with Gasteiger partial charge in [-0.05, 0) is 13.3 Å². The molecule has 0 aliphatic rings. The third-order valence-corrected chi connectivity index (χ3v) is 1.86. The van der Waals surface area contributed by atoms with Crippen LogP contribution in [0.15, 0.2) is 17.2 Å². The number of aromatic amines is 1. The maximum absolute atomic E-state index is 10.9. The van der Waals surface area contributed by atoms with E-state index < -0.39 is 5.97 Å². The van der Waals surface area contributed by atoms with Crippen molar-refractivity contribution in [2.75, 3.05) is 5.32 Å². The van der Waals surface area contributed by atoms with Gasteiger partial charge >= 0.3 is 5.97 Å². The van der Waals surface area contributed by atoms with Crippen molar-refractivity contribution in [1.82, 2.24) is 9.97 Å². The molecule has 6 nitrogen and oxygen atoms in total. The Morgan fingerprint density at radius 3 is 3.07 bits per heavy atom. The molecule has 1 unspecified atom stereocenters. The third-order valence-electron chi connectivity index (χ3n) is 1.86. The van der Waals surface area contributed by atoms with Crippen LogP contribution in [0.5, 0.6) is 0 Å². The van der Waals surface area contributed by atoms with Crippen LogP contribution in [0.25, 0.3) is 0 Å². The Balaban J connectivity index is 2.47. The molecule has 0 aliphatic heterocycles. The van der Waals surface area contributed by atoms with Gasteiger partial charge in [-0.3, -0.25) is 9.59 Å². The number of anilines is 1. The standard InChI is InChI=1S/C9H13N3O3/c1-6(2-3-9(14)15)12-7-4-8(13)11-5-10-7/h4-6H,2-3H2,1H3,(H,14,15)(H2,10,11,12,13). The van der Waals surface area contributed by atoms with Crippen molar-refractivity contribution in [3.63, 3.8) is 0 Å². The highest BCUT2D eigenvalue weighted by Crippen LogP contribution is 2.04. The molecule has 0 spiro atoms. The van der Waals surface area contributed by atoms with Gasteiger partial charge in [-0.1, -0.05) is 0 Å². The summed E-state index contributed by atoms with van der Waals surface area (Å²) in [4.78, 5) is 27.5. The first kappa shape index (κ1) is 11.2. The number of hydrogen-bond acceptors (Lipinski definition) is 4. The molecule has 82 valence electrons. The summed E-state index contributed by atoms with van der Waals surface area (Å²) in [6, 6.07) is 1.30. The van der Waals surface area contributed by atoms with Crippen LogP contribution in [0, 0.1) is 0 Å². The molecular formula is C9H13N3O3. The molecular weight excluding hydrogens is 198 g/mol. The summed E-state index contributed by atoms with van der Waals surface area (Å²) < 4.78 is 0. The fraction of sp³-hybridized carbons (Fsp3) is 0.444. The zero-order valence-electron chi connectivity index (χ0n) is 8.36. The summed E-state index contributed by atoms with van der Waals surface area (Å²) in [5, 5.41) is 11.4. The number of nitrogens with zero attached hydrogens (tertiary/aromatic N) is 1. The summed E-state index contributed by atoms with van der Waals surface area (Å²) in [5.41, 5.74) is -0.238. The summed E-state index contributed by atoms with van der Waals surface area (Å²) in [6.07, 6.45) is 1.88. The lowest BCUT2D eigenvalue weighted by atomic mass is 10.2. The van der Waals surface area contributed by atoms with Crippen molar-refractivity contribution in [2.24, 2.45) is 0 Å². The average molecular weight is 211 g/mol. The van der Waals surface area contributed by atoms with E-state index in [1.165, 1.54) is 12.4 Å². The minimum atomic E-state index is -0.831. The Bertz CT molecular complexity index is 388. The third kappa shape index (κ3) is 4.26. The Morgan fingerprint density at radius 2 is 2.47 bits per heavy atom. The predicted octanol–water partition coefficient (Wildman–Crippen LogP) is 0.435. The first-order chi connectivity index (χ1) is 7.08. The molecule has 1 rings (SSSR count). The lowest BCUT2D eigenvalue weighted by Crippen LogP contribution is -2.19. The van der Waals surface area contributed by atoms with Gasteiger partial charge in [-0.2, -0.15) is 0 Å². The smallest absolute Gasteiger partial charge is 0.303 e. The van der Waals surface area contributed by atoms with Crippen LogP contribution in [0.1, 0.15) is 19.8 Å². The van der Waals surface area contributed by atoms with Crippen molar-refractivity contribution in [3.05, 3.63) is 22.7 Å². The number of aliphatic carboxylic acids is 1. The van der Waals surface area contributed by atoms with Crippen molar-refractivity contribution in [2.45, 2.75) is 25.8 Å². The molecule has 6 heteroatoms. The van der Waals surface area contributed by atoms with Gasteiger partial charge in [0.2, 0.25) is 0 Å². The number of H-pyrrole nitrogens is 1. The Morgan fingerprint density at radius 1 is 1.73 bits per heavy atom. The SMILES string of the molecule is CC(CCC(=O)O)Nc1cc(=O)[nH]cn1. The lowest BCUT2D eigenvalue weighted by Gasteiger charge is -2.12. The lowest BCUT2D eigenvalue weighted by molar-refractivity contribution is -0.137.